The second-order valence-electron chi connectivity index (χ2n) is 12.8. The maximum atomic E-state index is 11.6. The molecule has 2 aliphatic rings. The predicted octanol–water partition coefficient (Wildman–Crippen LogP) is 7.19. The average molecular weight is 727 g/mol. The number of carboxylic acids is 2. The number of allylic oxidation sites excluding steroid dienone is 6. The van der Waals surface area contributed by atoms with Gasteiger partial charge < -0.3 is 5.11 Å². The number of ether oxygens (including phenoxy) is 1. The molecule has 0 saturated carbocycles. The molecule has 0 saturated heterocycles. The van der Waals surface area contributed by atoms with E-state index in [2.05, 4.69) is 90.1 Å². The van der Waals surface area contributed by atoms with Crippen molar-refractivity contribution >= 4 is 64.7 Å². The number of rotatable bonds is 11. The molecule has 0 amide bonds. The van der Waals surface area contributed by atoms with Gasteiger partial charge in [-0.1, -0.05) is 30.3 Å². The van der Waals surface area contributed by atoms with E-state index in [1.54, 1.807) is 18.4 Å². The molecule has 0 spiro atoms. The second kappa shape index (κ2) is 14.4. The van der Waals surface area contributed by atoms with E-state index < -0.39 is 11.9 Å². The first-order chi connectivity index (χ1) is 23.1. The molecule has 6 rings (SSSR count). The molecule has 48 heavy (non-hydrogen) atoms. The van der Waals surface area contributed by atoms with Crippen LogP contribution in [-0.4, -0.2) is 50.8 Å². The number of fused-ring (bicyclic) bond motifs is 2. The van der Waals surface area contributed by atoms with E-state index in [1.165, 1.54) is 15.6 Å². The topological polar surface area (TPSA) is 91.0 Å². The molecule has 2 N–H and O–H groups in total. The summed E-state index contributed by atoms with van der Waals surface area (Å²) in [5.74, 6) is -0.869. The third-order valence-corrected chi connectivity index (χ3v) is 11.9. The zero-order valence-corrected chi connectivity index (χ0v) is 29.8. The molecular formula is C39H39N2O5SSe+. The fraction of sp³-hybridized carbons (Fsp3) is 0.256. The molecule has 1 aliphatic heterocycles. The summed E-state index contributed by atoms with van der Waals surface area (Å²) in [5.41, 5.74) is 6.85. The van der Waals surface area contributed by atoms with Crippen LogP contribution in [0.1, 0.15) is 44.5 Å². The fourth-order valence-electron chi connectivity index (χ4n) is 6.35. The van der Waals surface area contributed by atoms with Gasteiger partial charge in [-0.15, -0.1) is 0 Å². The Balaban J connectivity index is 1.31. The van der Waals surface area contributed by atoms with Crippen LogP contribution in [-0.2, 0) is 16.1 Å². The van der Waals surface area contributed by atoms with E-state index in [4.69, 9.17) is 4.74 Å². The Kier molecular flexibility index (Phi) is 10.0. The first-order valence-corrected chi connectivity index (χ1v) is 18.5. The van der Waals surface area contributed by atoms with Gasteiger partial charge in [-0.2, -0.15) is 0 Å². The molecule has 246 valence electrons. The van der Waals surface area contributed by atoms with Crippen LogP contribution < -0.4 is 18.7 Å². The van der Waals surface area contributed by atoms with Crippen LogP contribution in [0.5, 0.6) is 5.75 Å². The molecule has 1 aromatic heterocycles. The number of methoxy groups -OCH3 is 1. The molecule has 0 fully saturated rings. The first kappa shape index (κ1) is 33.5. The zero-order chi connectivity index (χ0) is 33.8. The average Bonchev–Trinajstić information content (AvgIpc) is 3.57. The van der Waals surface area contributed by atoms with Crippen LogP contribution in [0.3, 0.4) is 0 Å². The van der Waals surface area contributed by atoms with Crippen LogP contribution in [0.25, 0.3) is 27.4 Å². The van der Waals surface area contributed by atoms with Gasteiger partial charge in [0.2, 0.25) is 0 Å². The van der Waals surface area contributed by atoms with E-state index in [-0.39, 0.29) is 33.2 Å². The third kappa shape index (κ3) is 7.81. The van der Waals surface area contributed by atoms with Gasteiger partial charge in [-0.25, -0.2) is 0 Å². The zero-order valence-electron chi connectivity index (χ0n) is 27.3. The molecule has 0 atom stereocenters. The molecule has 0 radical (unpaired) electrons. The Morgan fingerprint density at radius 3 is 2.54 bits per heavy atom. The van der Waals surface area contributed by atoms with Gasteiger partial charge in [-0.05, 0) is 17.2 Å². The summed E-state index contributed by atoms with van der Waals surface area (Å²) in [6, 6.07) is 22.8. The van der Waals surface area contributed by atoms with E-state index in [9.17, 15) is 19.8 Å². The summed E-state index contributed by atoms with van der Waals surface area (Å²) in [6.07, 6.45) is 12.8. The Morgan fingerprint density at radius 2 is 1.79 bits per heavy atom. The Bertz CT molecular complexity index is 1990. The fourth-order valence-corrected chi connectivity index (χ4v) is 9.82. The van der Waals surface area contributed by atoms with Gasteiger partial charge in [-0.3, -0.25) is 4.79 Å². The normalized spacial score (nSPS) is 17.3. The Morgan fingerprint density at radius 1 is 1.00 bits per heavy atom. The van der Waals surface area contributed by atoms with Crippen LogP contribution in [0.15, 0.2) is 107 Å². The molecule has 2 heterocycles. The van der Waals surface area contributed by atoms with Crippen LogP contribution in [0, 0.1) is 5.41 Å². The number of hydrogen-bond acceptors (Lipinski definition) is 5. The molecule has 1 aliphatic carbocycles. The van der Waals surface area contributed by atoms with Gasteiger partial charge in [0.1, 0.15) is 0 Å². The summed E-state index contributed by atoms with van der Waals surface area (Å²) in [4.78, 5) is 25.1. The molecule has 7 nitrogen and oxygen atoms in total. The molecule has 4 aromatic rings. The third-order valence-electron chi connectivity index (χ3n) is 8.47. The monoisotopic (exact) mass is 727 g/mol. The van der Waals surface area contributed by atoms with Crippen molar-refractivity contribution in [1.29, 1.82) is 0 Å². The summed E-state index contributed by atoms with van der Waals surface area (Å²) in [6.45, 7) is 5.38. The maximum absolute atomic E-state index is 11.6. The molecule has 9 heteroatoms. The van der Waals surface area contributed by atoms with Crippen molar-refractivity contribution < 1.29 is 29.1 Å². The minimum atomic E-state index is -0.817. The number of aliphatic carboxylic acids is 2. The molecule has 0 unspecified atom stereocenters. The van der Waals surface area contributed by atoms with Crippen molar-refractivity contribution in [1.82, 2.24) is 0 Å². The Hall–Kier alpha value is -4.43. The number of carbonyl (C=O) groups is 2. The van der Waals surface area contributed by atoms with Crippen LogP contribution in [0.2, 0.25) is 0 Å². The van der Waals surface area contributed by atoms with E-state index >= 15 is 0 Å². The van der Waals surface area contributed by atoms with Crippen molar-refractivity contribution in [3.63, 3.8) is 0 Å². The number of nitrogens with zero attached hydrogens (tertiary/aromatic N) is 2. The van der Waals surface area contributed by atoms with Crippen molar-refractivity contribution in [2.45, 2.75) is 46.1 Å². The molecular weight excluding hydrogens is 687 g/mol. The number of aryl methyl sites for hydroxylation is 1. The summed E-state index contributed by atoms with van der Waals surface area (Å²) < 4.78 is 11.1. The van der Waals surface area contributed by atoms with Gasteiger partial charge in [0.15, 0.2) is 0 Å². The summed E-state index contributed by atoms with van der Waals surface area (Å²) in [7, 11) is 1.64. The summed E-state index contributed by atoms with van der Waals surface area (Å²) >= 11 is 1.76. The van der Waals surface area contributed by atoms with Crippen LogP contribution >= 0.6 is 11.3 Å². The van der Waals surface area contributed by atoms with Crippen molar-refractivity contribution in [2.75, 3.05) is 18.6 Å². The van der Waals surface area contributed by atoms with Gasteiger partial charge >= 0.3 is 235 Å². The van der Waals surface area contributed by atoms with Crippen molar-refractivity contribution in [2.24, 2.45) is 5.41 Å². The van der Waals surface area contributed by atoms with Gasteiger partial charge in [0.05, 0.1) is 0 Å². The van der Waals surface area contributed by atoms with Crippen molar-refractivity contribution in [3.05, 3.63) is 112 Å². The van der Waals surface area contributed by atoms with E-state index in [1.807, 2.05) is 30.3 Å². The molecule has 3 aromatic carbocycles. The minimum absolute atomic E-state index is 0.0497. The van der Waals surface area contributed by atoms with Gasteiger partial charge in [0.25, 0.3) is 0 Å². The quantitative estimate of drug-likeness (QED) is 0.126. The van der Waals surface area contributed by atoms with Crippen molar-refractivity contribution in [3.8, 4) is 16.9 Å². The number of benzene rings is 3. The Labute approximate surface area is 291 Å². The SMILES string of the molecule is COc1ccc2c(c1)N(CCC(=O)O)/C(=C/C=C/C1=CC(=C/c3sc4cc(-c5ccccc5)ccc4[n+]3CCC(=O)O)/CC(C)(C)C1)[Se]2. The van der Waals surface area contributed by atoms with Gasteiger partial charge in [0, 0.05) is 0 Å². The number of anilines is 1. The standard InChI is InChI=1S/C39H38N2O5SSe/c1-39(2)24-26(8-7-11-36-41(19-17-38(44)45)32-23-30(46-3)13-15-34(32)48-36)20-27(25-39)21-35-40(18-16-37(42)43)31-14-12-29(22-33(31)47-35)28-9-5-4-6-10-28/h4-15,20-23H,16-19,24-25H2,1-3H3,(H-,42,43,44,45)/p+1. The van der Waals surface area contributed by atoms with Crippen LogP contribution in [0.4, 0.5) is 5.69 Å². The number of aromatic nitrogens is 1. The number of hydrogen-bond donors (Lipinski definition) is 2. The first-order valence-electron chi connectivity index (χ1n) is 16.0. The molecule has 0 bridgehead atoms. The number of carboxylic acid groups (broad SMARTS) is 2. The van der Waals surface area contributed by atoms with E-state index in [0.29, 0.717) is 13.1 Å². The summed E-state index contributed by atoms with van der Waals surface area (Å²) in [5, 5.41) is 19.9. The number of thiazole rings is 1. The predicted molar refractivity (Wildman–Crippen MR) is 194 cm³/mol. The van der Waals surface area contributed by atoms with E-state index in [0.717, 1.165) is 55.2 Å². The second-order valence-corrected chi connectivity index (χ2v) is 16.1.